The number of nitrogens with zero attached hydrogens (tertiary/aromatic N) is 1. The molecule has 2 rings (SSSR count). The molecule has 0 radical (unpaired) electrons. The lowest BCUT2D eigenvalue weighted by Gasteiger charge is -2.36. The Hall–Kier alpha value is -1.86. The topological polar surface area (TPSA) is 46.3 Å². The van der Waals surface area contributed by atoms with E-state index in [0.29, 0.717) is 18.0 Å². The molecular formula is C17H21FN2O. The van der Waals surface area contributed by atoms with Crippen molar-refractivity contribution in [3.63, 3.8) is 0 Å². The van der Waals surface area contributed by atoms with Crippen LogP contribution in [0, 0.1) is 23.6 Å². The molecule has 2 atom stereocenters. The molecule has 1 aliphatic rings. The first-order valence-electron chi connectivity index (χ1n) is 7.32. The number of carbonyl (C=O) groups excluding carboxylic acids is 1. The SMILES string of the molecule is CC1CCN(C(=O)c2cc(C#CCN)ccc2F)C(C)C1. The largest absolute Gasteiger partial charge is 0.336 e. The summed E-state index contributed by atoms with van der Waals surface area (Å²) >= 11 is 0. The molecule has 1 aromatic carbocycles. The van der Waals surface area contributed by atoms with Crippen LogP contribution >= 0.6 is 0 Å². The van der Waals surface area contributed by atoms with Crippen LogP contribution in [0.5, 0.6) is 0 Å². The zero-order valence-electron chi connectivity index (χ0n) is 12.5. The Balaban J connectivity index is 2.26. The summed E-state index contributed by atoms with van der Waals surface area (Å²) in [4.78, 5) is 14.3. The van der Waals surface area contributed by atoms with E-state index in [4.69, 9.17) is 5.73 Å². The molecule has 2 N–H and O–H groups in total. The van der Waals surface area contributed by atoms with Crippen molar-refractivity contribution in [2.24, 2.45) is 11.7 Å². The molecular weight excluding hydrogens is 267 g/mol. The van der Waals surface area contributed by atoms with Gasteiger partial charge >= 0.3 is 0 Å². The Morgan fingerprint density at radius 2 is 2.24 bits per heavy atom. The second-order valence-electron chi connectivity index (χ2n) is 5.68. The quantitative estimate of drug-likeness (QED) is 0.807. The molecule has 1 saturated heterocycles. The number of benzene rings is 1. The molecule has 0 aromatic heterocycles. The van der Waals surface area contributed by atoms with Gasteiger partial charge in [-0.3, -0.25) is 4.79 Å². The third-order valence-electron chi connectivity index (χ3n) is 3.93. The van der Waals surface area contributed by atoms with Gasteiger partial charge in [0.15, 0.2) is 0 Å². The van der Waals surface area contributed by atoms with Gasteiger partial charge in [-0.1, -0.05) is 18.8 Å². The van der Waals surface area contributed by atoms with Crippen molar-refractivity contribution in [3.8, 4) is 11.8 Å². The first-order valence-corrected chi connectivity index (χ1v) is 7.32. The number of halogens is 1. The number of hydrogen-bond acceptors (Lipinski definition) is 2. The lowest BCUT2D eigenvalue weighted by atomic mass is 9.92. The van der Waals surface area contributed by atoms with Crippen LogP contribution in [0.4, 0.5) is 4.39 Å². The molecule has 4 heteroatoms. The van der Waals surface area contributed by atoms with Gasteiger partial charge in [0, 0.05) is 18.2 Å². The van der Waals surface area contributed by atoms with Crippen molar-refractivity contribution >= 4 is 5.91 Å². The van der Waals surface area contributed by atoms with Gasteiger partial charge in [-0.2, -0.15) is 0 Å². The third-order valence-corrected chi connectivity index (χ3v) is 3.93. The van der Waals surface area contributed by atoms with Gasteiger partial charge in [0.1, 0.15) is 5.82 Å². The fourth-order valence-electron chi connectivity index (χ4n) is 2.78. The fraction of sp³-hybridized carbons (Fsp3) is 0.471. The molecule has 0 aliphatic carbocycles. The van der Waals surface area contributed by atoms with E-state index in [0.717, 1.165) is 12.8 Å². The minimum absolute atomic E-state index is 0.0974. The number of amides is 1. The van der Waals surface area contributed by atoms with Crippen LogP contribution in [0.1, 0.15) is 42.6 Å². The maximum Gasteiger partial charge on any atom is 0.257 e. The highest BCUT2D eigenvalue weighted by Crippen LogP contribution is 2.24. The monoisotopic (exact) mass is 288 g/mol. The standard InChI is InChI=1S/C17H21FN2O/c1-12-7-9-20(13(2)10-12)17(21)15-11-14(4-3-8-19)5-6-16(15)18/h5-6,11-13H,7-10,19H2,1-2H3. The summed E-state index contributed by atoms with van der Waals surface area (Å²) < 4.78 is 14.0. The Morgan fingerprint density at radius 3 is 2.90 bits per heavy atom. The van der Waals surface area contributed by atoms with E-state index in [2.05, 4.69) is 18.8 Å². The summed E-state index contributed by atoms with van der Waals surface area (Å²) in [6.07, 6.45) is 1.92. The van der Waals surface area contributed by atoms with Crippen molar-refractivity contribution in [3.05, 3.63) is 35.1 Å². The van der Waals surface area contributed by atoms with Crippen molar-refractivity contribution in [1.82, 2.24) is 4.90 Å². The van der Waals surface area contributed by atoms with Crippen LogP contribution in [-0.4, -0.2) is 29.9 Å². The highest BCUT2D eigenvalue weighted by atomic mass is 19.1. The second-order valence-corrected chi connectivity index (χ2v) is 5.68. The number of likely N-dealkylation sites (tertiary alicyclic amines) is 1. The summed E-state index contributed by atoms with van der Waals surface area (Å²) in [5.41, 5.74) is 6.04. The maximum absolute atomic E-state index is 14.0. The average Bonchev–Trinajstić information content (AvgIpc) is 2.46. The van der Waals surface area contributed by atoms with E-state index in [1.807, 2.05) is 6.92 Å². The van der Waals surface area contributed by atoms with Gasteiger partial charge in [0.05, 0.1) is 12.1 Å². The van der Waals surface area contributed by atoms with Gasteiger partial charge in [0.25, 0.3) is 5.91 Å². The van der Waals surface area contributed by atoms with Crippen LogP contribution in [0.25, 0.3) is 0 Å². The predicted molar refractivity (Wildman–Crippen MR) is 81.2 cm³/mol. The number of piperidine rings is 1. The van der Waals surface area contributed by atoms with Crippen LogP contribution in [-0.2, 0) is 0 Å². The van der Waals surface area contributed by atoms with Gasteiger partial charge in [-0.15, -0.1) is 0 Å². The van der Waals surface area contributed by atoms with E-state index in [-0.39, 0.29) is 24.1 Å². The predicted octanol–water partition coefficient (Wildman–Crippen LogP) is 2.40. The fourth-order valence-corrected chi connectivity index (χ4v) is 2.78. The summed E-state index contributed by atoms with van der Waals surface area (Å²) in [6, 6.07) is 4.52. The number of rotatable bonds is 1. The first kappa shape index (κ1) is 15.5. The van der Waals surface area contributed by atoms with Crippen LogP contribution in [0.2, 0.25) is 0 Å². The highest BCUT2D eigenvalue weighted by Gasteiger charge is 2.28. The van der Waals surface area contributed by atoms with Crippen molar-refractivity contribution in [2.75, 3.05) is 13.1 Å². The van der Waals surface area contributed by atoms with Crippen LogP contribution < -0.4 is 5.73 Å². The molecule has 112 valence electrons. The zero-order valence-corrected chi connectivity index (χ0v) is 12.5. The molecule has 1 aliphatic heterocycles. The van der Waals surface area contributed by atoms with Gasteiger partial charge in [-0.05, 0) is 43.9 Å². The Morgan fingerprint density at radius 1 is 1.48 bits per heavy atom. The molecule has 1 heterocycles. The van der Waals surface area contributed by atoms with Crippen molar-refractivity contribution < 1.29 is 9.18 Å². The number of nitrogens with two attached hydrogens (primary N) is 1. The van der Waals surface area contributed by atoms with E-state index in [9.17, 15) is 9.18 Å². The minimum Gasteiger partial charge on any atom is -0.336 e. The third kappa shape index (κ3) is 3.62. The summed E-state index contributed by atoms with van der Waals surface area (Å²) in [5.74, 6) is 5.41. The summed E-state index contributed by atoms with van der Waals surface area (Å²) in [6.45, 7) is 5.12. The smallest absolute Gasteiger partial charge is 0.257 e. The normalized spacial score (nSPS) is 21.6. The van der Waals surface area contributed by atoms with Crippen LogP contribution in [0.15, 0.2) is 18.2 Å². The Kier molecular flexibility index (Phi) is 4.98. The average molecular weight is 288 g/mol. The molecule has 2 unspecified atom stereocenters. The number of carbonyl (C=O) groups is 1. The minimum atomic E-state index is -0.496. The number of hydrogen-bond donors (Lipinski definition) is 1. The maximum atomic E-state index is 14.0. The summed E-state index contributed by atoms with van der Waals surface area (Å²) in [5, 5.41) is 0. The van der Waals surface area contributed by atoms with E-state index >= 15 is 0 Å². The van der Waals surface area contributed by atoms with Gasteiger partial charge in [-0.25, -0.2) is 4.39 Å². The summed E-state index contributed by atoms with van der Waals surface area (Å²) in [7, 11) is 0. The van der Waals surface area contributed by atoms with Crippen molar-refractivity contribution in [2.45, 2.75) is 32.7 Å². The molecule has 3 nitrogen and oxygen atoms in total. The van der Waals surface area contributed by atoms with E-state index in [1.165, 1.54) is 12.1 Å². The molecule has 0 bridgehead atoms. The van der Waals surface area contributed by atoms with E-state index < -0.39 is 5.82 Å². The molecule has 1 aromatic rings. The van der Waals surface area contributed by atoms with Crippen molar-refractivity contribution in [1.29, 1.82) is 0 Å². The Bertz CT molecular complexity index is 588. The molecule has 1 amide bonds. The Labute approximate surface area is 125 Å². The van der Waals surface area contributed by atoms with Gasteiger partial charge in [0.2, 0.25) is 0 Å². The lowest BCUT2D eigenvalue weighted by molar-refractivity contribution is 0.0584. The lowest BCUT2D eigenvalue weighted by Crippen LogP contribution is -2.44. The highest BCUT2D eigenvalue weighted by molar-refractivity contribution is 5.95. The van der Waals surface area contributed by atoms with Gasteiger partial charge < -0.3 is 10.6 Å². The van der Waals surface area contributed by atoms with Crippen LogP contribution in [0.3, 0.4) is 0 Å². The molecule has 1 fully saturated rings. The molecule has 21 heavy (non-hydrogen) atoms. The van der Waals surface area contributed by atoms with E-state index in [1.54, 1.807) is 11.0 Å². The molecule has 0 saturated carbocycles. The molecule has 0 spiro atoms. The zero-order chi connectivity index (χ0) is 15.4. The first-order chi connectivity index (χ1) is 10.0. The second kappa shape index (κ2) is 6.73.